The number of ether oxygens (including phenoxy) is 2. The van der Waals surface area contributed by atoms with E-state index in [1.165, 1.54) is 16.9 Å². The summed E-state index contributed by atoms with van der Waals surface area (Å²) in [6.07, 6.45) is 0. The number of nitrogens with zero attached hydrogens (tertiary/aromatic N) is 1. The second-order valence-corrected chi connectivity index (χ2v) is 6.48. The topological polar surface area (TPSA) is 60.5 Å². The molecule has 6 heteroatoms. The first-order valence-corrected chi connectivity index (χ1v) is 9.20. The fourth-order valence-corrected chi connectivity index (χ4v) is 3.07. The fourth-order valence-electron chi connectivity index (χ4n) is 2.33. The number of thiazole rings is 1. The Hall–Kier alpha value is -2.86. The minimum Gasteiger partial charge on any atom is -0.490 e. The van der Waals surface area contributed by atoms with Crippen molar-refractivity contribution in [2.24, 2.45) is 0 Å². The summed E-state index contributed by atoms with van der Waals surface area (Å²) in [5, 5.41) is 5.24. The van der Waals surface area contributed by atoms with Gasteiger partial charge in [-0.15, -0.1) is 11.3 Å². The molecule has 0 unspecified atom stereocenters. The van der Waals surface area contributed by atoms with E-state index in [0.29, 0.717) is 23.2 Å². The molecule has 0 fully saturated rings. The van der Waals surface area contributed by atoms with Crippen molar-refractivity contribution in [1.82, 2.24) is 4.98 Å². The molecule has 0 radical (unpaired) electrons. The molecule has 0 saturated carbocycles. The summed E-state index contributed by atoms with van der Waals surface area (Å²) in [6, 6.07) is 15.4. The third kappa shape index (κ3) is 4.61. The fraction of sp³-hybridized carbons (Fsp3) is 0.200. The monoisotopic (exact) mass is 368 g/mol. The van der Waals surface area contributed by atoms with E-state index in [-0.39, 0.29) is 12.5 Å². The molecule has 0 aliphatic carbocycles. The molecule has 1 heterocycles. The smallest absolute Gasteiger partial charge is 0.264 e. The minimum atomic E-state index is -0.263. The maximum Gasteiger partial charge on any atom is 0.264 e. The molecule has 0 saturated heterocycles. The van der Waals surface area contributed by atoms with Crippen LogP contribution in [0, 0.1) is 6.92 Å². The predicted molar refractivity (Wildman–Crippen MR) is 104 cm³/mol. The van der Waals surface area contributed by atoms with Crippen LogP contribution in [-0.4, -0.2) is 24.1 Å². The van der Waals surface area contributed by atoms with Crippen molar-refractivity contribution < 1.29 is 14.3 Å². The Labute approximate surface area is 156 Å². The Morgan fingerprint density at radius 1 is 1.08 bits per heavy atom. The zero-order valence-corrected chi connectivity index (χ0v) is 15.5. The summed E-state index contributed by atoms with van der Waals surface area (Å²) in [5.74, 6) is 0.906. The van der Waals surface area contributed by atoms with Gasteiger partial charge in [0.15, 0.2) is 23.2 Å². The van der Waals surface area contributed by atoms with Crippen LogP contribution in [0.1, 0.15) is 12.5 Å². The lowest BCUT2D eigenvalue weighted by molar-refractivity contribution is -0.118. The molecule has 0 spiro atoms. The first-order chi connectivity index (χ1) is 12.7. The molecule has 134 valence electrons. The summed E-state index contributed by atoms with van der Waals surface area (Å²) in [6.45, 7) is 4.37. The van der Waals surface area contributed by atoms with Gasteiger partial charge in [0.25, 0.3) is 5.91 Å². The zero-order valence-electron chi connectivity index (χ0n) is 14.7. The molecule has 3 rings (SSSR count). The van der Waals surface area contributed by atoms with Gasteiger partial charge in [0.05, 0.1) is 12.3 Å². The van der Waals surface area contributed by atoms with Crippen molar-refractivity contribution >= 4 is 22.4 Å². The quantitative estimate of drug-likeness (QED) is 0.665. The first-order valence-electron chi connectivity index (χ1n) is 8.32. The van der Waals surface area contributed by atoms with Gasteiger partial charge in [0, 0.05) is 10.9 Å². The van der Waals surface area contributed by atoms with Crippen LogP contribution in [0.3, 0.4) is 0 Å². The van der Waals surface area contributed by atoms with Crippen LogP contribution in [0.15, 0.2) is 53.9 Å². The van der Waals surface area contributed by atoms with E-state index in [1.54, 1.807) is 6.07 Å². The van der Waals surface area contributed by atoms with Gasteiger partial charge in [0.2, 0.25) is 0 Å². The summed E-state index contributed by atoms with van der Waals surface area (Å²) < 4.78 is 11.0. The SMILES string of the molecule is CCOc1ccccc1OCC(=O)Nc1nc(-c2ccc(C)cc2)cs1. The van der Waals surface area contributed by atoms with E-state index in [0.717, 1.165) is 11.3 Å². The number of benzene rings is 2. The van der Waals surface area contributed by atoms with Crippen molar-refractivity contribution in [2.75, 3.05) is 18.5 Å². The molecule has 0 aliphatic heterocycles. The Kier molecular flexibility index (Phi) is 5.86. The Bertz CT molecular complexity index is 875. The number of aryl methyl sites for hydroxylation is 1. The van der Waals surface area contributed by atoms with E-state index in [1.807, 2.05) is 61.7 Å². The number of anilines is 1. The lowest BCUT2D eigenvalue weighted by Crippen LogP contribution is -2.20. The predicted octanol–water partition coefficient (Wildman–Crippen LogP) is 4.53. The second kappa shape index (κ2) is 8.49. The molecule has 0 atom stereocenters. The molecule has 26 heavy (non-hydrogen) atoms. The first kappa shape index (κ1) is 17.9. The number of aromatic nitrogens is 1. The maximum absolute atomic E-state index is 12.1. The van der Waals surface area contributed by atoms with Gasteiger partial charge in [-0.3, -0.25) is 10.1 Å². The number of hydrogen-bond donors (Lipinski definition) is 1. The highest BCUT2D eigenvalue weighted by atomic mass is 32.1. The van der Waals surface area contributed by atoms with Crippen molar-refractivity contribution in [3.63, 3.8) is 0 Å². The Morgan fingerprint density at radius 3 is 2.46 bits per heavy atom. The van der Waals surface area contributed by atoms with Gasteiger partial charge in [0.1, 0.15) is 0 Å². The third-order valence-electron chi connectivity index (χ3n) is 3.61. The number of nitrogens with one attached hydrogen (secondary N) is 1. The maximum atomic E-state index is 12.1. The van der Waals surface area contributed by atoms with Gasteiger partial charge in [-0.2, -0.15) is 0 Å². The van der Waals surface area contributed by atoms with Gasteiger partial charge >= 0.3 is 0 Å². The van der Waals surface area contributed by atoms with E-state index in [9.17, 15) is 4.79 Å². The van der Waals surface area contributed by atoms with E-state index in [2.05, 4.69) is 10.3 Å². The molecule has 0 bridgehead atoms. The number of hydrogen-bond acceptors (Lipinski definition) is 5. The van der Waals surface area contributed by atoms with Crippen molar-refractivity contribution in [3.05, 3.63) is 59.5 Å². The van der Waals surface area contributed by atoms with Gasteiger partial charge in [-0.05, 0) is 26.0 Å². The summed E-state index contributed by atoms with van der Waals surface area (Å²) >= 11 is 1.39. The number of carbonyl (C=O) groups is 1. The van der Waals surface area contributed by atoms with Crippen LogP contribution in [0.5, 0.6) is 11.5 Å². The molecule has 5 nitrogen and oxygen atoms in total. The van der Waals surface area contributed by atoms with Crippen LogP contribution in [-0.2, 0) is 4.79 Å². The summed E-state index contributed by atoms with van der Waals surface area (Å²) in [4.78, 5) is 16.6. The number of carbonyl (C=O) groups excluding carboxylic acids is 1. The highest BCUT2D eigenvalue weighted by Gasteiger charge is 2.10. The van der Waals surface area contributed by atoms with Gasteiger partial charge in [-0.1, -0.05) is 42.0 Å². The highest BCUT2D eigenvalue weighted by Crippen LogP contribution is 2.27. The number of amides is 1. The van der Waals surface area contributed by atoms with E-state index >= 15 is 0 Å². The Balaban J connectivity index is 1.58. The van der Waals surface area contributed by atoms with Crippen LogP contribution in [0.2, 0.25) is 0 Å². The molecule has 1 amide bonds. The summed E-state index contributed by atoms with van der Waals surface area (Å²) in [5.41, 5.74) is 3.06. The lowest BCUT2D eigenvalue weighted by Gasteiger charge is -2.10. The molecule has 1 aromatic heterocycles. The molecule has 2 aromatic carbocycles. The van der Waals surface area contributed by atoms with Crippen LogP contribution < -0.4 is 14.8 Å². The normalized spacial score (nSPS) is 10.4. The molecule has 3 aromatic rings. The highest BCUT2D eigenvalue weighted by molar-refractivity contribution is 7.14. The molecule has 0 aliphatic rings. The average molecular weight is 368 g/mol. The van der Waals surface area contributed by atoms with Crippen LogP contribution in [0.4, 0.5) is 5.13 Å². The standard InChI is InChI=1S/C20H20N2O3S/c1-3-24-17-6-4-5-7-18(17)25-12-19(23)22-20-21-16(13-26-20)15-10-8-14(2)9-11-15/h4-11,13H,3,12H2,1-2H3,(H,21,22,23). The number of rotatable bonds is 7. The van der Waals surface area contributed by atoms with E-state index < -0.39 is 0 Å². The minimum absolute atomic E-state index is 0.108. The van der Waals surface area contributed by atoms with Crippen LogP contribution >= 0.6 is 11.3 Å². The molecule has 1 N–H and O–H groups in total. The zero-order chi connectivity index (χ0) is 18.4. The lowest BCUT2D eigenvalue weighted by atomic mass is 10.1. The van der Waals surface area contributed by atoms with E-state index in [4.69, 9.17) is 9.47 Å². The van der Waals surface area contributed by atoms with Crippen LogP contribution in [0.25, 0.3) is 11.3 Å². The van der Waals surface area contributed by atoms with Crippen molar-refractivity contribution in [2.45, 2.75) is 13.8 Å². The van der Waals surface area contributed by atoms with Crippen molar-refractivity contribution in [1.29, 1.82) is 0 Å². The summed E-state index contributed by atoms with van der Waals surface area (Å²) in [7, 11) is 0. The largest absolute Gasteiger partial charge is 0.490 e. The Morgan fingerprint density at radius 2 is 1.77 bits per heavy atom. The second-order valence-electron chi connectivity index (χ2n) is 5.62. The third-order valence-corrected chi connectivity index (χ3v) is 4.36. The average Bonchev–Trinajstić information content (AvgIpc) is 3.10. The molecular weight excluding hydrogens is 348 g/mol. The molecular formula is C20H20N2O3S. The number of para-hydroxylation sites is 2. The van der Waals surface area contributed by atoms with Gasteiger partial charge in [-0.25, -0.2) is 4.98 Å². The van der Waals surface area contributed by atoms with Gasteiger partial charge < -0.3 is 9.47 Å². The van der Waals surface area contributed by atoms with Crippen molar-refractivity contribution in [3.8, 4) is 22.8 Å².